The van der Waals surface area contributed by atoms with Crippen LogP contribution in [-0.4, -0.2) is 53.7 Å². The van der Waals surface area contributed by atoms with Crippen molar-refractivity contribution in [3.8, 4) is 0 Å². The lowest BCUT2D eigenvalue weighted by Crippen LogP contribution is -2.48. The van der Waals surface area contributed by atoms with E-state index >= 15 is 0 Å². The molecule has 1 amide bonds. The van der Waals surface area contributed by atoms with Crippen molar-refractivity contribution < 1.29 is 19.1 Å². The second kappa shape index (κ2) is 9.74. The number of anilines is 1. The van der Waals surface area contributed by atoms with Gasteiger partial charge in [0.2, 0.25) is 0 Å². The molecule has 0 saturated carbocycles. The number of ketones is 1. The van der Waals surface area contributed by atoms with E-state index in [1.807, 2.05) is 30.3 Å². The number of hydrogen-bond acceptors (Lipinski definition) is 7. The minimum absolute atomic E-state index is 0.0374. The third-order valence-corrected chi connectivity index (χ3v) is 6.14. The topological polar surface area (TPSA) is 79.8 Å². The van der Waals surface area contributed by atoms with Gasteiger partial charge in [-0.25, -0.2) is 9.78 Å². The minimum Gasteiger partial charge on any atom is -0.455 e. The maximum atomic E-state index is 12.8. The Balaban J connectivity index is 1.29. The maximum absolute atomic E-state index is 12.8. The summed E-state index contributed by atoms with van der Waals surface area (Å²) in [6.45, 7) is 4.17. The Morgan fingerprint density at radius 3 is 2.28 bits per heavy atom. The molecule has 1 aromatic heterocycles. The molecule has 8 heteroatoms. The van der Waals surface area contributed by atoms with Gasteiger partial charge < -0.3 is 14.5 Å². The van der Waals surface area contributed by atoms with Crippen LogP contribution in [0.1, 0.15) is 43.1 Å². The number of benzene rings is 2. The van der Waals surface area contributed by atoms with Crippen LogP contribution < -0.4 is 4.90 Å². The summed E-state index contributed by atoms with van der Waals surface area (Å²) in [6.07, 6.45) is 0. The molecule has 3 aromatic rings. The fourth-order valence-electron chi connectivity index (χ4n) is 3.50. The molecular weight excluding hydrogens is 426 g/mol. The van der Waals surface area contributed by atoms with Gasteiger partial charge in [0.25, 0.3) is 5.91 Å². The van der Waals surface area contributed by atoms with Crippen LogP contribution in [0.2, 0.25) is 0 Å². The number of ether oxygens (including phenoxy) is 1. The Labute approximate surface area is 190 Å². The van der Waals surface area contributed by atoms with Gasteiger partial charge in [-0.3, -0.25) is 9.59 Å². The highest BCUT2D eigenvalue weighted by atomic mass is 32.1. The minimum atomic E-state index is -0.416. The van der Waals surface area contributed by atoms with Crippen molar-refractivity contribution in [2.45, 2.75) is 13.5 Å². The normalized spacial score (nSPS) is 13.7. The molecule has 0 spiro atoms. The number of carbonyl (C=O) groups is 3. The molecule has 7 nitrogen and oxygen atoms in total. The van der Waals surface area contributed by atoms with Crippen LogP contribution in [0, 0.1) is 0 Å². The molecule has 1 aliphatic rings. The molecule has 2 heterocycles. The molecule has 0 unspecified atom stereocenters. The average molecular weight is 450 g/mol. The van der Waals surface area contributed by atoms with E-state index in [4.69, 9.17) is 4.74 Å². The summed E-state index contributed by atoms with van der Waals surface area (Å²) in [4.78, 5) is 44.7. The molecular formula is C24H23N3O4S. The van der Waals surface area contributed by atoms with Gasteiger partial charge in [-0.2, -0.15) is 0 Å². The average Bonchev–Trinajstić information content (AvgIpc) is 3.32. The van der Waals surface area contributed by atoms with Crippen LogP contribution in [-0.2, 0) is 11.3 Å². The monoisotopic (exact) mass is 449 g/mol. The number of amides is 1. The third kappa shape index (κ3) is 5.03. The Morgan fingerprint density at radius 1 is 0.938 bits per heavy atom. The molecule has 1 aliphatic heterocycles. The Morgan fingerprint density at radius 2 is 1.62 bits per heavy atom. The fraction of sp³-hybridized carbons (Fsp3) is 0.250. The van der Waals surface area contributed by atoms with E-state index in [-0.39, 0.29) is 18.3 Å². The molecule has 1 fully saturated rings. The smallest absolute Gasteiger partial charge is 0.338 e. The van der Waals surface area contributed by atoms with E-state index in [2.05, 4.69) is 9.88 Å². The Kier molecular flexibility index (Phi) is 6.61. The molecule has 164 valence electrons. The molecule has 0 radical (unpaired) electrons. The van der Waals surface area contributed by atoms with Crippen molar-refractivity contribution in [1.82, 2.24) is 9.88 Å². The SMILES string of the molecule is CC(=O)c1ccc(N2CCN(C(=O)c3csc(COC(=O)c4ccccc4)n3)CC2)cc1. The van der Waals surface area contributed by atoms with Gasteiger partial charge in [0.05, 0.1) is 5.56 Å². The second-order valence-corrected chi connectivity index (χ2v) is 8.39. The largest absolute Gasteiger partial charge is 0.455 e. The first-order valence-corrected chi connectivity index (χ1v) is 11.2. The summed E-state index contributed by atoms with van der Waals surface area (Å²) in [5, 5.41) is 2.29. The van der Waals surface area contributed by atoms with Crippen LogP contribution in [0.25, 0.3) is 0 Å². The van der Waals surface area contributed by atoms with E-state index in [9.17, 15) is 14.4 Å². The molecule has 2 aromatic carbocycles. The zero-order valence-corrected chi connectivity index (χ0v) is 18.5. The van der Waals surface area contributed by atoms with Gasteiger partial charge in [-0.15, -0.1) is 11.3 Å². The third-order valence-electron chi connectivity index (χ3n) is 5.31. The first-order chi connectivity index (χ1) is 15.5. The summed E-state index contributed by atoms with van der Waals surface area (Å²) >= 11 is 1.31. The van der Waals surface area contributed by atoms with Gasteiger partial charge in [-0.1, -0.05) is 18.2 Å². The predicted molar refractivity (Wildman–Crippen MR) is 122 cm³/mol. The van der Waals surface area contributed by atoms with Crippen molar-refractivity contribution in [2.24, 2.45) is 0 Å². The van der Waals surface area contributed by atoms with E-state index in [1.54, 1.807) is 41.5 Å². The summed E-state index contributed by atoms with van der Waals surface area (Å²) in [5.74, 6) is -0.487. The van der Waals surface area contributed by atoms with Gasteiger partial charge in [0, 0.05) is 42.8 Å². The van der Waals surface area contributed by atoms with Crippen molar-refractivity contribution >= 4 is 34.7 Å². The van der Waals surface area contributed by atoms with E-state index in [0.717, 1.165) is 5.69 Å². The number of aromatic nitrogens is 1. The summed E-state index contributed by atoms with van der Waals surface area (Å²) in [5.41, 5.74) is 2.59. The highest BCUT2D eigenvalue weighted by molar-refractivity contribution is 7.09. The number of carbonyl (C=O) groups excluding carboxylic acids is 3. The highest BCUT2D eigenvalue weighted by Gasteiger charge is 2.24. The van der Waals surface area contributed by atoms with Crippen molar-refractivity contribution in [3.63, 3.8) is 0 Å². The molecule has 0 atom stereocenters. The van der Waals surface area contributed by atoms with E-state index in [0.29, 0.717) is 48.0 Å². The van der Waals surface area contributed by atoms with Gasteiger partial charge >= 0.3 is 5.97 Å². The number of hydrogen-bond donors (Lipinski definition) is 0. The lowest BCUT2D eigenvalue weighted by molar-refractivity contribution is 0.0472. The van der Waals surface area contributed by atoms with Gasteiger partial charge in [0.1, 0.15) is 17.3 Å². The summed E-state index contributed by atoms with van der Waals surface area (Å²) < 4.78 is 5.30. The highest BCUT2D eigenvalue weighted by Crippen LogP contribution is 2.20. The molecule has 0 bridgehead atoms. The number of nitrogens with zero attached hydrogens (tertiary/aromatic N) is 3. The number of rotatable bonds is 6. The molecule has 0 N–H and O–H groups in total. The molecule has 32 heavy (non-hydrogen) atoms. The first-order valence-electron chi connectivity index (χ1n) is 10.3. The van der Waals surface area contributed by atoms with Crippen LogP contribution >= 0.6 is 11.3 Å². The number of thiazole rings is 1. The van der Waals surface area contributed by atoms with Crippen LogP contribution in [0.3, 0.4) is 0 Å². The standard InChI is InChI=1S/C24H23N3O4S/c1-17(28)18-7-9-20(10-8-18)26-11-13-27(14-12-26)23(29)21-16-32-22(25-21)15-31-24(30)19-5-3-2-4-6-19/h2-10,16H,11-15H2,1H3. The number of piperazine rings is 1. The second-order valence-electron chi connectivity index (χ2n) is 7.45. The van der Waals surface area contributed by atoms with Crippen molar-refractivity contribution in [2.75, 3.05) is 31.1 Å². The predicted octanol–water partition coefficient (Wildman–Crippen LogP) is 3.67. The Bertz CT molecular complexity index is 1100. The quantitative estimate of drug-likeness (QED) is 0.422. The Hall–Kier alpha value is -3.52. The van der Waals surface area contributed by atoms with Crippen LogP contribution in [0.5, 0.6) is 0 Å². The lowest BCUT2D eigenvalue weighted by Gasteiger charge is -2.35. The lowest BCUT2D eigenvalue weighted by atomic mass is 10.1. The fourth-order valence-corrected chi connectivity index (χ4v) is 4.18. The maximum Gasteiger partial charge on any atom is 0.338 e. The van der Waals surface area contributed by atoms with Crippen molar-refractivity contribution in [3.05, 3.63) is 81.8 Å². The van der Waals surface area contributed by atoms with Gasteiger partial charge in [0.15, 0.2) is 5.78 Å². The van der Waals surface area contributed by atoms with E-state index in [1.165, 1.54) is 11.3 Å². The summed E-state index contributed by atoms with van der Waals surface area (Å²) in [6, 6.07) is 16.3. The first kappa shape index (κ1) is 21.7. The zero-order valence-electron chi connectivity index (χ0n) is 17.7. The van der Waals surface area contributed by atoms with Crippen molar-refractivity contribution in [1.29, 1.82) is 0 Å². The van der Waals surface area contributed by atoms with Gasteiger partial charge in [-0.05, 0) is 43.3 Å². The van der Waals surface area contributed by atoms with Crippen LogP contribution in [0.4, 0.5) is 5.69 Å². The van der Waals surface area contributed by atoms with E-state index < -0.39 is 5.97 Å². The zero-order chi connectivity index (χ0) is 22.5. The van der Waals surface area contributed by atoms with Crippen LogP contribution in [0.15, 0.2) is 60.0 Å². The molecule has 0 aliphatic carbocycles. The molecule has 1 saturated heterocycles. The molecule has 4 rings (SSSR count). The number of esters is 1. The number of Topliss-reactive ketones (excluding diaryl/α,β-unsaturated/α-hetero) is 1. The summed E-state index contributed by atoms with van der Waals surface area (Å²) in [7, 11) is 0.